The predicted molar refractivity (Wildman–Crippen MR) is 248 cm³/mol. The number of fused-ring (bicyclic) bond motifs is 6. The van der Waals surface area contributed by atoms with E-state index in [2.05, 4.69) is 57.0 Å². The molecule has 65 heavy (non-hydrogen) atoms. The molecule has 16 heteroatoms. The summed E-state index contributed by atoms with van der Waals surface area (Å²) in [5.41, 5.74) is 6.44. The van der Waals surface area contributed by atoms with Gasteiger partial charge in [0.2, 0.25) is 11.8 Å². The van der Waals surface area contributed by atoms with Gasteiger partial charge >= 0.3 is 12.2 Å². The molecule has 4 heterocycles. The van der Waals surface area contributed by atoms with E-state index in [1.54, 1.807) is 13.3 Å². The number of imidazole rings is 2. The average molecular weight is 893 g/mol. The van der Waals surface area contributed by atoms with Crippen LogP contribution in [-0.4, -0.2) is 106 Å². The number of hydrogen-bond acceptors (Lipinski definition) is 10. The van der Waals surface area contributed by atoms with Gasteiger partial charge in [-0.05, 0) is 84.9 Å². The number of methoxy groups -OCH3 is 3. The van der Waals surface area contributed by atoms with Crippen LogP contribution in [0.15, 0.2) is 48.7 Å². The first kappa shape index (κ1) is 46.8. The van der Waals surface area contributed by atoms with E-state index in [-0.39, 0.29) is 41.7 Å². The zero-order chi connectivity index (χ0) is 46.7. The molecule has 16 nitrogen and oxygen atoms in total. The first-order valence-electron chi connectivity index (χ1n) is 22.8. The molecule has 4 N–H and O–H groups in total. The van der Waals surface area contributed by atoms with Crippen LogP contribution in [0.3, 0.4) is 0 Å². The second-order valence-corrected chi connectivity index (χ2v) is 17.7. The third kappa shape index (κ3) is 9.36. The Hall–Kier alpha value is -6.16. The van der Waals surface area contributed by atoms with Gasteiger partial charge in [0.15, 0.2) is 0 Å². The van der Waals surface area contributed by atoms with E-state index >= 15 is 0 Å². The SMILES string of the molecule is CC[C@H](C)[C@H](NC(=O)OC)C(=O)N1C[C@@H](COC)C[C@H]1c1nc2c(ccc3cc4c(cc32)OCc2cc(-c3cnc([C@H](C)N(C(=O)[C@@H](NC(=O)OC)[C@@H](C)CC)[C@@H](C)CC)[nH]3)ccc2-4)[nH]1. The number of likely N-dealkylation sites (tertiary alicyclic amines) is 1. The van der Waals surface area contributed by atoms with Gasteiger partial charge in [0, 0.05) is 36.6 Å². The Morgan fingerprint density at radius 1 is 0.877 bits per heavy atom. The predicted octanol–water partition coefficient (Wildman–Crippen LogP) is 8.43. The van der Waals surface area contributed by atoms with Crippen LogP contribution in [0.2, 0.25) is 0 Å². The number of benzene rings is 3. The minimum atomic E-state index is -0.751. The van der Waals surface area contributed by atoms with E-state index in [9.17, 15) is 19.2 Å². The van der Waals surface area contributed by atoms with Gasteiger partial charge in [-0.3, -0.25) is 9.59 Å². The van der Waals surface area contributed by atoms with Crippen molar-refractivity contribution in [2.24, 2.45) is 17.8 Å². The number of carbonyl (C=O) groups excluding carboxylic acids is 4. The summed E-state index contributed by atoms with van der Waals surface area (Å²) in [6.45, 7) is 15.2. The number of hydrogen-bond donors (Lipinski definition) is 4. The van der Waals surface area contributed by atoms with Crippen molar-refractivity contribution >= 4 is 45.8 Å². The number of ether oxygens (including phenoxy) is 4. The molecule has 0 radical (unpaired) electrons. The van der Waals surface area contributed by atoms with Crippen LogP contribution < -0.4 is 15.4 Å². The Bertz CT molecular complexity index is 2540. The maximum atomic E-state index is 14.2. The third-order valence-electron chi connectivity index (χ3n) is 13.7. The summed E-state index contributed by atoms with van der Waals surface area (Å²) in [4.78, 5) is 73.6. The fourth-order valence-electron chi connectivity index (χ4n) is 9.30. The fourth-order valence-corrected chi connectivity index (χ4v) is 9.30. The molecule has 8 atom stereocenters. The lowest BCUT2D eigenvalue weighted by molar-refractivity contribution is -0.139. The standard InChI is InChI=1S/C49H64N8O8/c1-11-26(4)41(54-48(60)63-9)46(58)56-23-30(24-62-8)18-39(56)45-51-37-17-15-31-20-36-34-16-14-32(19-33(34)25-65-40(36)21-35(31)43(37)53-45)38-22-50-44(52-38)29(7)57(28(6)13-3)47(59)42(27(5)12-2)55-49(61)64-10/h14-17,19-22,26-30,39,41-42H,11-13,18,23-25H2,1-10H3,(H,50,52)(H,51,53)(H,54,60)(H,55,61)/t26-,27-,28-,29-,30-,39-,41-,42-/m0/s1. The molecule has 2 aliphatic rings. The number of H-pyrrole nitrogens is 2. The van der Waals surface area contributed by atoms with Gasteiger partial charge in [-0.15, -0.1) is 0 Å². The number of nitrogens with zero attached hydrogens (tertiary/aromatic N) is 4. The van der Waals surface area contributed by atoms with Crippen molar-refractivity contribution in [3.05, 3.63) is 65.9 Å². The smallest absolute Gasteiger partial charge is 0.407 e. The average Bonchev–Trinajstić information content (AvgIpc) is 4.10. The van der Waals surface area contributed by atoms with Crippen molar-refractivity contribution in [2.45, 2.75) is 111 Å². The van der Waals surface area contributed by atoms with Crippen molar-refractivity contribution in [1.82, 2.24) is 40.4 Å². The first-order chi connectivity index (χ1) is 31.2. The maximum Gasteiger partial charge on any atom is 0.407 e. The van der Waals surface area contributed by atoms with E-state index in [1.807, 2.05) is 64.3 Å². The number of rotatable bonds is 16. The lowest BCUT2D eigenvalue weighted by atomic mass is 9.92. The molecular formula is C49H64N8O8. The summed E-state index contributed by atoms with van der Waals surface area (Å²) in [7, 11) is 4.26. The van der Waals surface area contributed by atoms with E-state index < -0.39 is 30.3 Å². The minimum Gasteiger partial charge on any atom is -0.488 e. The Kier molecular flexibility index (Phi) is 14.4. The van der Waals surface area contributed by atoms with Gasteiger partial charge in [0.25, 0.3) is 0 Å². The number of alkyl carbamates (subject to hydrolysis) is 2. The maximum absolute atomic E-state index is 14.2. The molecular weight excluding hydrogens is 829 g/mol. The summed E-state index contributed by atoms with van der Waals surface area (Å²) < 4.78 is 21.7. The summed E-state index contributed by atoms with van der Waals surface area (Å²) >= 11 is 0. The van der Waals surface area contributed by atoms with Gasteiger partial charge in [0.1, 0.15) is 36.1 Å². The van der Waals surface area contributed by atoms with Crippen LogP contribution in [0.1, 0.15) is 103 Å². The third-order valence-corrected chi connectivity index (χ3v) is 13.7. The molecule has 0 saturated carbocycles. The monoisotopic (exact) mass is 892 g/mol. The molecule has 0 bridgehead atoms. The molecule has 2 aromatic heterocycles. The van der Waals surface area contributed by atoms with E-state index in [0.717, 1.165) is 61.9 Å². The number of amides is 4. The van der Waals surface area contributed by atoms with Crippen molar-refractivity contribution in [1.29, 1.82) is 0 Å². The van der Waals surface area contributed by atoms with Crippen molar-refractivity contribution in [3.8, 4) is 28.1 Å². The summed E-state index contributed by atoms with van der Waals surface area (Å²) in [5, 5.41) is 7.48. The van der Waals surface area contributed by atoms with Crippen molar-refractivity contribution in [2.75, 3.05) is 34.5 Å². The number of aromatic nitrogens is 4. The second kappa shape index (κ2) is 19.9. The Labute approximate surface area is 380 Å². The molecule has 3 aromatic carbocycles. The number of carbonyl (C=O) groups is 4. The lowest BCUT2D eigenvalue weighted by Crippen LogP contribution is -2.54. The Balaban J connectivity index is 1.15. The highest BCUT2D eigenvalue weighted by Crippen LogP contribution is 2.44. The van der Waals surface area contributed by atoms with E-state index in [4.69, 9.17) is 28.9 Å². The highest BCUT2D eigenvalue weighted by Gasteiger charge is 2.42. The summed E-state index contributed by atoms with van der Waals surface area (Å²) in [5.74, 6) is 1.59. The van der Waals surface area contributed by atoms with Crippen LogP contribution in [0.25, 0.3) is 44.2 Å². The lowest BCUT2D eigenvalue weighted by Gasteiger charge is -2.37. The highest BCUT2D eigenvalue weighted by atomic mass is 16.5. The molecule has 5 aromatic rings. The second-order valence-electron chi connectivity index (χ2n) is 17.7. The molecule has 0 unspecified atom stereocenters. The molecule has 7 rings (SSSR count). The van der Waals surface area contributed by atoms with Crippen molar-refractivity contribution < 1.29 is 38.1 Å². The first-order valence-corrected chi connectivity index (χ1v) is 22.8. The number of aromatic amines is 2. The van der Waals surface area contributed by atoms with Crippen LogP contribution in [-0.2, 0) is 30.4 Å². The molecule has 1 saturated heterocycles. The van der Waals surface area contributed by atoms with Gasteiger partial charge in [-0.2, -0.15) is 0 Å². The minimum absolute atomic E-state index is 0.0933. The van der Waals surface area contributed by atoms with Crippen molar-refractivity contribution in [3.63, 3.8) is 0 Å². The molecule has 0 spiro atoms. The zero-order valence-electron chi connectivity index (χ0n) is 39.2. The normalized spacial score (nSPS) is 18.4. The Morgan fingerprint density at radius 2 is 1.58 bits per heavy atom. The van der Waals surface area contributed by atoms with Gasteiger partial charge in [0.05, 0.1) is 55.8 Å². The van der Waals surface area contributed by atoms with Gasteiger partial charge in [-0.1, -0.05) is 65.7 Å². The quantitative estimate of drug-likeness (QED) is 0.0747. The van der Waals surface area contributed by atoms with Gasteiger partial charge < -0.3 is 49.3 Å². The summed E-state index contributed by atoms with van der Waals surface area (Å²) in [6.07, 6.45) is 3.29. The molecule has 4 amide bonds. The van der Waals surface area contributed by atoms with Crippen LogP contribution >= 0.6 is 0 Å². The van der Waals surface area contributed by atoms with Crippen LogP contribution in [0, 0.1) is 17.8 Å². The number of nitrogens with one attached hydrogen (secondary N) is 4. The fraction of sp³-hybridized carbons (Fsp3) is 0.510. The van der Waals surface area contributed by atoms with Crippen LogP contribution in [0.4, 0.5) is 9.59 Å². The largest absolute Gasteiger partial charge is 0.488 e. The summed E-state index contributed by atoms with van der Waals surface area (Å²) in [6, 6.07) is 12.2. The Morgan fingerprint density at radius 3 is 2.26 bits per heavy atom. The van der Waals surface area contributed by atoms with Gasteiger partial charge in [-0.25, -0.2) is 19.6 Å². The molecule has 0 aliphatic carbocycles. The van der Waals surface area contributed by atoms with Crippen LogP contribution in [0.5, 0.6) is 5.75 Å². The van der Waals surface area contributed by atoms with E-state index in [0.29, 0.717) is 50.7 Å². The zero-order valence-corrected chi connectivity index (χ0v) is 39.2. The molecule has 1 fully saturated rings. The molecule has 348 valence electrons. The highest BCUT2D eigenvalue weighted by molar-refractivity contribution is 6.07. The molecule has 2 aliphatic heterocycles. The van der Waals surface area contributed by atoms with E-state index in [1.165, 1.54) is 14.2 Å². The topological polar surface area (TPSA) is 193 Å².